The lowest BCUT2D eigenvalue weighted by molar-refractivity contribution is -0.275. The molecule has 0 aliphatic heterocycles. The van der Waals surface area contributed by atoms with Gasteiger partial charge < -0.3 is 10.5 Å². The number of ether oxygens (including phenoxy) is 1. The highest BCUT2D eigenvalue weighted by Gasteiger charge is 2.34. The van der Waals surface area contributed by atoms with Crippen LogP contribution in [0.4, 0.5) is 13.2 Å². The largest absolute Gasteiger partial charge is 0.573 e. The van der Waals surface area contributed by atoms with Crippen LogP contribution < -0.4 is 15.2 Å². The first-order chi connectivity index (χ1) is 10.2. The number of halogens is 3. The van der Waals surface area contributed by atoms with Crippen molar-refractivity contribution < 1.29 is 26.3 Å². The highest BCUT2D eigenvalue weighted by Crippen LogP contribution is 2.29. The minimum absolute atomic E-state index is 0.0571. The van der Waals surface area contributed by atoms with Gasteiger partial charge in [0.15, 0.2) is 0 Å². The number of alkyl halides is 3. The Morgan fingerprint density at radius 1 is 1.32 bits per heavy atom. The molecule has 1 aromatic rings. The molecule has 0 saturated carbocycles. The van der Waals surface area contributed by atoms with Crippen LogP contribution in [0.5, 0.6) is 5.75 Å². The molecule has 0 radical (unpaired) electrons. The quantitative estimate of drug-likeness (QED) is 0.761. The minimum Gasteiger partial charge on any atom is -0.404 e. The van der Waals surface area contributed by atoms with Crippen molar-refractivity contribution in [3.05, 3.63) is 24.3 Å². The lowest BCUT2D eigenvalue weighted by atomic mass is 10.1. The van der Waals surface area contributed by atoms with E-state index in [4.69, 9.17) is 5.73 Å². The van der Waals surface area contributed by atoms with E-state index in [2.05, 4.69) is 9.46 Å². The highest BCUT2D eigenvalue weighted by atomic mass is 32.2. The molecule has 0 fully saturated rings. The van der Waals surface area contributed by atoms with E-state index in [0.29, 0.717) is 6.42 Å². The fraction of sp³-hybridized carbons (Fsp3) is 0.538. The fourth-order valence-electron chi connectivity index (χ4n) is 1.84. The van der Waals surface area contributed by atoms with E-state index in [-0.39, 0.29) is 6.54 Å². The third kappa shape index (κ3) is 5.82. The van der Waals surface area contributed by atoms with Gasteiger partial charge in [-0.1, -0.05) is 31.9 Å². The van der Waals surface area contributed by atoms with E-state index in [9.17, 15) is 21.6 Å². The molecule has 9 heteroatoms. The van der Waals surface area contributed by atoms with Gasteiger partial charge in [0.1, 0.15) is 10.6 Å². The molecule has 1 unspecified atom stereocenters. The Morgan fingerprint density at radius 3 is 2.50 bits per heavy atom. The van der Waals surface area contributed by atoms with Crippen LogP contribution >= 0.6 is 0 Å². The summed E-state index contributed by atoms with van der Waals surface area (Å²) in [5.41, 5.74) is 5.50. The molecule has 0 amide bonds. The van der Waals surface area contributed by atoms with Crippen molar-refractivity contribution in [1.82, 2.24) is 4.72 Å². The molecule has 22 heavy (non-hydrogen) atoms. The molecule has 126 valence electrons. The van der Waals surface area contributed by atoms with Gasteiger partial charge in [-0.3, -0.25) is 0 Å². The summed E-state index contributed by atoms with van der Waals surface area (Å²) in [6, 6.07) is 4.05. The lowest BCUT2D eigenvalue weighted by Crippen LogP contribution is -2.40. The maximum atomic E-state index is 12.3. The number of rotatable bonds is 8. The number of nitrogens with one attached hydrogen (secondary N) is 1. The molecule has 0 heterocycles. The normalized spacial score (nSPS) is 13.9. The number of sulfonamides is 1. The standard InChI is InChI=1S/C13H19F3N2O3S/c1-2-3-6-10(9-17)18-22(19,20)12-8-5-4-7-11(12)21-13(14,15)16/h4-5,7-8,10,18H,2-3,6,9,17H2,1H3. The van der Waals surface area contributed by atoms with Crippen LogP contribution in [0, 0.1) is 0 Å². The minimum atomic E-state index is -4.97. The molecule has 1 atom stereocenters. The van der Waals surface area contributed by atoms with Gasteiger partial charge in [-0.2, -0.15) is 0 Å². The van der Waals surface area contributed by atoms with Crippen molar-refractivity contribution in [2.45, 2.75) is 43.5 Å². The summed E-state index contributed by atoms with van der Waals surface area (Å²) in [5, 5.41) is 0. The van der Waals surface area contributed by atoms with E-state index in [1.807, 2.05) is 6.92 Å². The zero-order valence-corrected chi connectivity index (χ0v) is 12.9. The second kappa shape index (κ2) is 7.80. The van der Waals surface area contributed by atoms with Gasteiger partial charge in [-0.25, -0.2) is 13.1 Å². The predicted octanol–water partition coefficient (Wildman–Crippen LogP) is 2.38. The maximum Gasteiger partial charge on any atom is 0.573 e. The van der Waals surface area contributed by atoms with Crippen molar-refractivity contribution >= 4 is 10.0 Å². The summed E-state index contributed by atoms with van der Waals surface area (Å²) in [7, 11) is -4.16. The Balaban J connectivity index is 3.02. The van der Waals surface area contributed by atoms with Gasteiger partial charge in [0.05, 0.1) is 0 Å². The Hall–Kier alpha value is -1.32. The van der Waals surface area contributed by atoms with Crippen molar-refractivity contribution in [1.29, 1.82) is 0 Å². The molecular formula is C13H19F3N2O3S. The van der Waals surface area contributed by atoms with E-state index in [1.165, 1.54) is 12.1 Å². The Kier molecular flexibility index (Phi) is 6.64. The van der Waals surface area contributed by atoms with Crippen LogP contribution in [-0.4, -0.2) is 27.4 Å². The second-order valence-corrected chi connectivity index (χ2v) is 6.37. The molecule has 0 aliphatic rings. The van der Waals surface area contributed by atoms with Gasteiger partial charge in [0.25, 0.3) is 0 Å². The topological polar surface area (TPSA) is 81.4 Å². The molecular weight excluding hydrogens is 321 g/mol. The molecule has 0 aromatic heterocycles. The Bertz CT molecular complexity index is 576. The second-order valence-electron chi connectivity index (χ2n) is 4.69. The smallest absolute Gasteiger partial charge is 0.404 e. The number of para-hydroxylation sites is 1. The Labute approximate surface area is 127 Å². The lowest BCUT2D eigenvalue weighted by Gasteiger charge is -2.18. The van der Waals surface area contributed by atoms with Crippen molar-refractivity contribution in [3.8, 4) is 5.75 Å². The summed E-state index contributed by atoms with van der Waals surface area (Å²) in [6.07, 6.45) is -2.85. The molecule has 3 N–H and O–H groups in total. The van der Waals surface area contributed by atoms with Gasteiger partial charge >= 0.3 is 6.36 Å². The highest BCUT2D eigenvalue weighted by molar-refractivity contribution is 7.89. The average Bonchev–Trinajstić information content (AvgIpc) is 2.42. The fourth-order valence-corrected chi connectivity index (χ4v) is 3.25. The number of hydrogen-bond acceptors (Lipinski definition) is 4. The van der Waals surface area contributed by atoms with Crippen LogP contribution in [0.25, 0.3) is 0 Å². The van der Waals surface area contributed by atoms with Crippen molar-refractivity contribution in [3.63, 3.8) is 0 Å². The zero-order chi connectivity index (χ0) is 16.8. The third-order valence-electron chi connectivity index (χ3n) is 2.88. The van der Waals surface area contributed by atoms with Crippen LogP contribution in [0.2, 0.25) is 0 Å². The molecule has 1 aromatic carbocycles. The summed E-state index contributed by atoms with van der Waals surface area (Å²) >= 11 is 0. The molecule has 0 aliphatic carbocycles. The third-order valence-corrected chi connectivity index (χ3v) is 4.44. The molecule has 0 saturated heterocycles. The maximum absolute atomic E-state index is 12.3. The summed E-state index contributed by atoms with van der Waals surface area (Å²) < 4.78 is 67.6. The van der Waals surface area contributed by atoms with Crippen molar-refractivity contribution in [2.75, 3.05) is 6.54 Å². The number of nitrogens with two attached hydrogens (primary N) is 1. The van der Waals surface area contributed by atoms with Crippen LogP contribution in [0.1, 0.15) is 26.2 Å². The van der Waals surface area contributed by atoms with Gasteiger partial charge in [0.2, 0.25) is 10.0 Å². The van der Waals surface area contributed by atoms with Crippen LogP contribution in [-0.2, 0) is 10.0 Å². The summed E-state index contributed by atoms with van der Waals surface area (Å²) in [5.74, 6) is -0.770. The molecule has 1 rings (SSSR count). The van der Waals surface area contributed by atoms with E-state index in [0.717, 1.165) is 25.0 Å². The first-order valence-corrected chi connectivity index (χ1v) is 8.25. The van der Waals surface area contributed by atoms with Crippen LogP contribution in [0.3, 0.4) is 0 Å². The van der Waals surface area contributed by atoms with E-state index < -0.39 is 33.1 Å². The number of benzene rings is 1. The Morgan fingerprint density at radius 2 is 1.95 bits per heavy atom. The van der Waals surface area contributed by atoms with Crippen LogP contribution in [0.15, 0.2) is 29.2 Å². The first-order valence-electron chi connectivity index (χ1n) is 6.76. The predicted molar refractivity (Wildman–Crippen MR) is 75.8 cm³/mol. The number of hydrogen-bond donors (Lipinski definition) is 2. The summed E-state index contributed by atoms with van der Waals surface area (Å²) in [4.78, 5) is -0.567. The SMILES string of the molecule is CCCCC(CN)NS(=O)(=O)c1ccccc1OC(F)(F)F. The van der Waals surface area contributed by atoms with E-state index in [1.54, 1.807) is 0 Å². The first kappa shape index (κ1) is 18.7. The van der Waals surface area contributed by atoms with Gasteiger partial charge in [-0.15, -0.1) is 13.2 Å². The van der Waals surface area contributed by atoms with Gasteiger partial charge in [-0.05, 0) is 18.6 Å². The van der Waals surface area contributed by atoms with Gasteiger partial charge in [0, 0.05) is 12.6 Å². The molecule has 0 spiro atoms. The summed E-state index contributed by atoms with van der Waals surface area (Å²) in [6.45, 7) is 2.00. The number of unbranched alkanes of at least 4 members (excludes halogenated alkanes) is 1. The average molecular weight is 340 g/mol. The molecule has 0 bridgehead atoms. The zero-order valence-electron chi connectivity index (χ0n) is 12.1. The molecule has 5 nitrogen and oxygen atoms in total. The monoisotopic (exact) mass is 340 g/mol. The van der Waals surface area contributed by atoms with Crippen molar-refractivity contribution in [2.24, 2.45) is 5.73 Å². The van der Waals surface area contributed by atoms with E-state index >= 15 is 0 Å².